The number of amides is 2. The molecule has 4 heterocycles. The van der Waals surface area contributed by atoms with Crippen molar-refractivity contribution in [1.29, 1.82) is 0 Å². The summed E-state index contributed by atoms with van der Waals surface area (Å²) in [6.45, 7) is 0. The van der Waals surface area contributed by atoms with Crippen molar-refractivity contribution in [3.8, 4) is 0 Å². The van der Waals surface area contributed by atoms with E-state index in [1.54, 1.807) is 5.38 Å². The minimum absolute atomic E-state index is 0.0760. The van der Waals surface area contributed by atoms with Crippen LogP contribution >= 0.6 is 46.6 Å². The summed E-state index contributed by atoms with van der Waals surface area (Å²) in [4.78, 5) is 52.1. The van der Waals surface area contributed by atoms with E-state index in [9.17, 15) is 19.5 Å². The van der Waals surface area contributed by atoms with Gasteiger partial charge >= 0.3 is 5.97 Å². The number of rotatable bonds is 9. The van der Waals surface area contributed by atoms with Crippen molar-refractivity contribution in [1.82, 2.24) is 30.4 Å². The highest BCUT2D eigenvalue weighted by molar-refractivity contribution is 8.18. The fraction of sp³-hybridized carbons (Fsp3) is 0.312. The van der Waals surface area contributed by atoms with Gasteiger partial charge < -0.3 is 21.0 Å². The van der Waals surface area contributed by atoms with Gasteiger partial charge in [0.25, 0.3) is 11.8 Å². The molecule has 33 heavy (non-hydrogen) atoms. The molecule has 2 aliphatic heterocycles. The van der Waals surface area contributed by atoms with Gasteiger partial charge in [-0.1, -0.05) is 16.9 Å². The van der Waals surface area contributed by atoms with Gasteiger partial charge in [0, 0.05) is 16.0 Å². The molecule has 0 spiro atoms. The Hall–Kier alpha value is -2.76. The molecule has 0 unspecified atom stereocenters. The van der Waals surface area contributed by atoms with Crippen LogP contribution in [0.4, 0.5) is 5.13 Å². The van der Waals surface area contributed by atoms with E-state index >= 15 is 0 Å². The van der Waals surface area contributed by atoms with E-state index in [-0.39, 0.29) is 22.2 Å². The summed E-state index contributed by atoms with van der Waals surface area (Å²) in [6.07, 6.45) is 1.45. The minimum atomic E-state index is -1.21. The van der Waals surface area contributed by atoms with Crippen LogP contribution in [0, 0.1) is 0 Å². The average molecular weight is 529 g/mol. The van der Waals surface area contributed by atoms with E-state index < -0.39 is 29.2 Å². The fourth-order valence-electron chi connectivity index (χ4n) is 3.02. The number of H-pyrrole nitrogens is 1. The number of aromatic nitrogens is 4. The highest BCUT2D eigenvalue weighted by Crippen LogP contribution is 2.44. The lowest BCUT2D eigenvalue weighted by atomic mass is 10.0. The molecule has 0 saturated carbocycles. The molecule has 2 aromatic heterocycles. The molecule has 0 radical (unpaired) electrons. The maximum absolute atomic E-state index is 12.8. The zero-order valence-electron chi connectivity index (χ0n) is 16.8. The molecule has 2 aliphatic rings. The molecule has 1 fully saturated rings. The van der Waals surface area contributed by atoms with Crippen molar-refractivity contribution in [2.75, 3.05) is 23.7 Å². The molecular weight excluding hydrogens is 512 g/mol. The number of β-lactam (4-membered cyclic amide) rings is 1. The van der Waals surface area contributed by atoms with Crippen molar-refractivity contribution < 1.29 is 24.3 Å². The van der Waals surface area contributed by atoms with Crippen LogP contribution in [0.1, 0.15) is 5.69 Å². The molecule has 5 N–H and O–H groups in total. The normalized spacial score (nSPS) is 20.3. The first-order valence-electron chi connectivity index (χ1n) is 9.06. The van der Waals surface area contributed by atoms with E-state index in [1.165, 1.54) is 53.6 Å². The van der Waals surface area contributed by atoms with Crippen molar-refractivity contribution in [2.45, 2.75) is 16.6 Å². The van der Waals surface area contributed by atoms with Gasteiger partial charge in [0.1, 0.15) is 36.2 Å². The number of nitrogens with two attached hydrogens (primary N) is 1. The first kappa shape index (κ1) is 23.4. The number of nitrogens with zero attached hydrogens (tertiary/aromatic N) is 5. The lowest BCUT2D eigenvalue weighted by Crippen LogP contribution is -2.71. The van der Waals surface area contributed by atoms with Crippen LogP contribution in [0.25, 0.3) is 0 Å². The Bertz CT molecular complexity index is 1130. The predicted molar refractivity (Wildman–Crippen MR) is 124 cm³/mol. The number of carbonyl (C=O) groups excluding carboxylic acids is 2. The minimum Gasteiger partial charge on any atom is -0.477 e. The van der Waals surface area contributed by atoms with E-state index in [0.717, 1.165) is 11.3 Å². The van der Waals surface area contributed by atoms with Crippen LogP contribution in [0.2, 0.25) is 0 Å². The van der Waals surface area contributed by atoms with Crippen LogP contribution in [-0.4, -0.2) is 83.0 Å². The number of oxime groups is 1. The fourth-order valence-corrected chi connectivity index (χ4v) is 7.10. The van der Waals surface area contributed by atoms with E-state index in [2.05, 4.69) is 30.6 Å². The van der Waals surface area contributed by atoms with Gasteiger partial charge in [0.2, 0.25) is 5.16 Å². The van der Waals surface area contributed by atoms with E-state index in [1.807, 2.05) is 0 Å². The van der Waals surface area contributed by atoms with Gasteiger partial charge in [-0.05, 0) is 0 Å². The maximum Gasteiger partial charge on any atom is 0.353 e. The number of anilines is 1. The first-order valence-corrected chi connectivity index (χ1v) is 13.0. The molecule has 2 atom stereocenters. The van der Waals surface area contributed by atoms with Gasteiger partial charge in [-0.2, -0.15) is 0 Å². The molecule has 2 aromatic rings. The Morgan fingerprint density at radius 2 is 2.30 bits per heavy atom. The maximum atomic E-state index is 12.8. The molecule has 17 heteroatoms. The van der Waals surface area contributed by atoms with E-state index in [4.69, 9.17) is 10.6 Å². The first-order chi connectivity index (χ1) is 15.9. The Morgan fingerprint density at radius 1 is 1.48 bits per heavy atom. The second kappa shape index (κ2) is 10.0. The smallest absolute Gasteiger partial charge is 0.353 e. The number of carbonyl (C=O) groups is 3. The summed E-state index contributed by atoms with van der Waals surface area (Å²) in [5, 5.41) is 24.9. The van der Waals surface area contributed by atoms with Gasteiger partial charge in [0.05, 0.1) is 5.08 Å². The summed E-state index contributed by atoms with van der Waals surface area (Å²) in [6, 6.07) is -0.913. The SMILES string of the molecule is CO/N=C(\C(=O)N[C@@H]1C(=O)N2C(C(=O)O)=C(SCSc3nc[nH]n3)CS[C@@H]12)c1csc(N)n1. The molecule has 2 amide bonds. The molecule has 13 nitrogen and oxygen atoms in total. The molecule has 174 valence electrons. The number of nitrogens with one attached hydrogen (secondary N) is 2. The number of aliphatic carboxylic acids is 1. The van der Waals surface area contributed by atoms with Gasteiger partial charge in [-0.3, -0.25) is 19.6 Å². The van der Waals surface area contributed by atoms with Crippen molar-refractivity contribution in [2.24, 2.45) is 5.16 Å². The Kier molecular flexibility index (Phi) is 7.11. The molecule has 0 aliphatic carbocycles. The summed E-state index contributed by atoms with van der Waals surface area (Å²) in [5.41, 5.74) is 5.63. The number of thioether (sulfide) groups is 3. The number of fused-ring (bicyclic) bond motifs is 1. The van der Waals surface area contributed by atoms with Gasteiger partial charge in [-0.25, -0.2) is 14.8 Å². The molecule has 1 saturated heterocycles. The number of thiazole rings is 1. The highest BCUT2D eigenvalue weighted by Gasteiger charge is 2.54. The molecule has 0 bridgehead atoms. The monoisotopic (exact) mass is 528 g/mol. The zero-order valence-corrected chi connectivity index (χ0v) is 20.0. The molecule has 0 aromatic carbocycles. The van der Waals surface area contributed by atoms with Crippen LogP contribution in [0.15, 0.2) is 32.6 Å². The number of carboxylic acids is 1. The van der Waals surface area contributed by atoms with Gasteiger partial charge in [0.15, 0.2) is 10.8 Å². The number of aromatic amines is 1. The van der Waals surface area contributed by atoms with Crippen LogP contribution in [-0.2, 0) is 19.2 Å². The van der Waals surface area contributed by atoms with Crippen molar-refractivity contribution in [3.63, 3.8) is 0 Å². The third-order valence-electron chi connectivity index (χ3n) is 4.40. The van der Waals surface area contributed by atoms with Crippen LogP contribution in [0.3, 0.4) is 0 Å². The summed E-state index contributed by atoms with van der Waals surface area (Å²) >= 11 is 5.15. The van der Waals surface area contributed by atoms with E-state index in [0.29, 0.717) is 20.9 Å². The largest absolute Gasteiger partial charge is 0.477 e. The summed E-state index contributed by atoms with van der Waals surface area (Å²) < 4.78 is 0. The average Bonchev–Trinajstić information content (AvgIpc) is 3.46. The number of carboxylic acid groups (broad SMARTS) is 1. The predicted octanol–water partition coefficient (Wildman–Crippen LogP) is 0.373. The topological polar surface area (TPSA) is 189 Å². The Morgan fingerprint density at radius 3 is 2.94 bits per heavy atom. The summed E-state index contributed by atoms with van der Waals surface area (Å²) in [5.74, 6) is -2.02. The zero-order chi connectivity index (χ0) is 23.5. The van der Waals surface area contributed by atoms with Crippen molar-refractivity contribution in [3.05, 3.63) is 28.0 Å². The second-order valence-electron chi connectivity index (χ2n) is 6.32. The Labute approximate surface area is 203 Å². The second-order valence-corrected chi connectivity index (χ2v) is 10.7. The van der Waals surface area contributed by atoms with Gasteiger partial charge in [-0.15, -0.1) is 40.0 Å². The lowest BCUT2D eigenvalue weighted by Gasteiger charge is -2.49. The lowest BCUT2D eigenvalue weighted by molar-refractivity contribution is -0.150. The molecular formula is C16H16N8O5S4. The highest BCUT2D eigenvalue weighted by atomic mass is 32.2. The molecule has 4 rings (SSSR count). The summed E-state index contributed by atoms with van der Waals surface area (Å²) in [7, 11) is 1.28. The number of hydrogen-bond acceptors (Lipinski definition) is 13. The standard InChI is InChI=1S/C16H16N8O5S4/c1-29-23-8(6-2-31-15(17)20-6)11(25)21-9-12(26)24-10(14(27)28)7(3-30-13(9)24)32-5-33-16-18-4-19-22-16/h2,4,9,13H,3,5H2,1H3,(H2,17,20)(H,21,25)(H,27,28)(H,18,19,22)/b23-8-/t9-,13+/m1/s1. The van der Waals surface area contributed by atoms with Crippen LogP contribution < -0.4 is 11.1 Å². The third kappa shape index (κ3) is 4.80. The van der Waals surface area contributed by atoms with Crippen LogP contribution in [0.5, 0.6) is 0 Å². The quantitative estimate of drug-likeness (QED) is 0.115. The van der Waals surface area contributed by atoms with Crippen molar-refractivity contribution >= 4 is 75.2 Å². The Balaban J connectivity index is 1.45. The number of nitrogen functional groups attached to an aromatic ring is 1. The number of hydrogen-bond donors (Lipinski definition) is 4. The third-order valence-corrected chi connectivity index (χ3v) is 8.62.